The zero-order valence-electron chi connectivity index (χ0n) is 13.1. The first-order chi connectivity index (χ1) is 10.6. The smallest absolute Gasteiger partial charge is 0.313 e. The Morgan fingerprint density at radius 3 is 2.77 bits per heavy atom. The molecule has 1 N–H and O–H groups in total. The number of morpholine rings is 1. The van der Waals surface area contributed by atoms with E-state index < -0.39 is 11.8 Å². The number of anilines is 1. The molecule has 1 aromatic carbocycles. The van der Waals surface area contributed by atoms with Crippen LogP contribution in [-0.4, -0.2) is 42.5 Å². The summed E-state index contributed by atoms with van der Waals surface area (Å²) in [5.41, 5.74) is 2.71. The standard InChI is InChI=1S/C17H22N2O3/c1-11-3-4-12(2)14(9-11)18-16(20)17(21)19-7-8-22-10-15(19)13-5-6-13/h3-4,9,13,15H,5-8,10H2,1-2H3,(H,18,20)/t15-/m0/s1. The molecule has 1 saturated heterocycles. The maximum atomic E-state index is 12.5. The number of rotatable bonds is 2. The Morgan fingerprint density at radius 1 is 1.27 bits per heavy atom. The molecule has 1 atom stereocenters. The van der Waals surface area contributed by atoms with Crippen molar-refractivity contribution >= 4 is 17.5 Å². The third-order valence-corrected chi connectivity index (χ3v) is 4.43. The van der Waals surface area contributed by atoms with E-state index in [0.29, 0.717) is 31.4 Å². The molecule has 1 heterocycles. The topological polar surface area (TPSA) is 58.6 Å². The van der Waals surface area contributed by atoms with E-state index in [1.165, 1.54) is 0 Å². The zero-order chi connectivity index (χ0) is 15.7. The van der Waals surface area contributed by atoms with Crippen LogP contribution in [0, 0.1) is 19.8 Å². The van der Waals surface area contributed by atoms with Crippen molar-refractivity contribution in [3.05, 3.63) is 29.3 Å². The molecule has 118 valence electrons. The number of ether oxygens (including phenoxy) is 1. The maximum absolute atomic E-state index is 12.5. The summed E-state index contributed by atoms with van der Waals surface area (Å²) < 4.78 is 5.47. The number of benzene rings is 1. The van der Waals surface area contributed by atoms with Gasteiger partial charge >= 0.3 is 11.8 Å². The highest BCUT2D eigenvalue weighted by molar-refractivity contribution is 6.39. The number of hydrogen-bond donors (Lipinski definition) is 1. The van der Waals surface area contributed by atoms with E-state index in [1.54, 1.807) is 4.90 Å². The van der Waals surface area contributed by atoms with Crippen LogP contribution in [0.5, 0.6) is 0 Å². The maximum Gasteiger partial charge on any atom is 0.313 e. The van der Waals surface area contributed by atoms with Gasteiger partial charge in [-0.25, -0.2) is 0 Å². The molecule has 1 aliphatic heterocycles. The minimum Gasteiger partial charge on any atom is -0.377 e. The van der Waals surface area contributed by atoms with Crippen molar-refractivity contribution in [1.82, 2.24) is 4.90 Å². The van der Waals surface area contributed by atoms with Crippen molar-refractivity contribution in [2.24, 2.45) is 5.92 Å². The molecule has 2 amide bonds. The molecule has 2 aliphatic rings. The number of carbonyl (C=O) groups excluding carboxylic acids is 2. The molecule has 0 unspecified atom stereocenters. The fraction of sp³-hybridized carbons (Fsp3) is 0.529. The predicted molar refractivity (Wildman–Crippen MR) is 83.6 cm³/mol. The minimum atomic E-state index is -0.554. The van der Waals surface area contributed by atoms with E-state index in [9.17, 15) is 9.59 Å². The van der Waals surface area contributed by atoms with Crippen LogP contribution in [0.4, 0.5) is 5.69 Å². The quantitative estimate of drug-likeness (QED) is 0.849. The van der Waals surface area contributed by atoms with Gasteiger partial charge in [0.05, 0.1) is 19.3 Å². The molecule has 0 radical (unpaired) electrons. The SMILES string of the molecule is Cc1ccc(C)c(NC(=O)C(=O)N2CCOC[C@H]2C2CC2)c1. The molecule has 5 heteroatoms. The van der Waals surface area contributed by atoms with E-state index in [1.807, 2.05) is 32.0 Å². The third-order valence-electron chi connectivity index (χ3n) is 4.43. The molecule has 1 aromatic rings. The lowest BCUT2D eigenvalue weighted by molar-refractivity contribution is -0.149. The summed E-state index contributed by atoms with van der Waals surface area (Å²) in [6.45, 7) is 5.43. The highest BCUT2D eigenvalue weighted by Crippen LogP contribution is 2.36. The van der Waals surface area contributed by atoms with Crippen LogP contribution in [-0.2, 0) is 14.3 Å². The van der Waals surface area contributed by atoms with Crippen molar-refractivity contribution in [2.75, 3.05) is 25.1 Å². The molecular formula is C17H22N2O3. The highest BCUT2D eigenvalue weighted by atomic mass is 16.5. The van der Waals surface area contributed by atoms with Gasteiger partial charge in [-0.15, -0.1) is 0 Å². The second-order valence-electron chi connectivity index (χ2n) is 6.25. The van der Waals surface area contributed by atoms with Gasteiger partial charge < -0.3 is 15.0 Å². The second kappa shape index (κ2) is 6.08. The van der Waals surface area contributed by atoms with E-state index in [4.69, 9.17) is 4.74 Å². The minimum absolute atomic E-state index is 0.0607. The fourth-order valence-corrected chi connectivity index (χ4v) is 2.92. The van der Waals surface area contributed by atoms with Crippen molar-refractivity contribution in [2.45, 2.75) is 32.7 Å². The normalized spacial score (nSPS) is 21.5. The lowest BCUT2D eigenvalue weighted by Crippen LogP contribution is -2.53. The third kappa shape index (κ3) is 3.14. The van der Waals surface area contributed by atoms with Gasteiger partial charge in [0.25, 0.3) is 0 Å². The van der Waals surface area contributed by atoms with Gasteiger partial charge in [0.2, 0.25) is 0 Å². The van der Waals surface area contributed by atoms with E-state index in [0.717, 1.165) is 24.0 Å². The van der Waals surface area contributed by atoms with E-state index in [2.05, 4.69) is 5.32 Å². The molecule has 1 aliphatic carbocycles. The van der Waals surface area contributed by atoms with Crippen LogP contribution in [0.2, 0.25) is 0 Å². The predicted octanol–water partition coefficient (Wildman–Crippen LogP) is 1.88. The Balaban J connectivity index is 1.70. The summed E-state index contributed by atoms with van der Waals surface area (Å²) in [5, 5.41) is 2.76. The zero-order valence-corrected chi connectivity index (χ0v) is 13.1. The number of hydrogen-bond acceptors (Lipinski definition) is 3. The number of nitrogens with one attached hydrogen (secondary N) is 1. The van der Waals surface area contributed by atoms with Crippen LogP contribution >= 0.6 is 0 Å². The Morgan fingerprint density at radius 2 is 2.05 bits per heavy atom. The average molecular weight is 302 g/mol. The first-order valence-electron chi connectivity index (χ1n) is 7.83. The van der Waals surface area contributed by atoms with Gasteiger partial charge in [-0.1, -0.05) is 12.1 Å². The van der Waals surface area contributed by atoms with Crippen molar-refractivity contribution in [3.63, 3.8) is 0 Å². The summed E-state index contributed by atoms with van der Waals surface area (Å²) in [6, 6.07) is 5.87. The molecule has 2 fully saturated rings. The van der Waals surface area contributed by atoms with Crippen molar-refractivity contribution in [1.29, 1.82) is 0 Å². The molecule has 1 saturated carbocycles. The van der Waals surface area contributed by atoms with Gasteiger partial charge in [-0.3, -0.25) is 9.59 Å². The van der Waals surface area contributed by atoms with Crippen LogP contribution in [0.25, 0.3) is 0 Å². The molecule has 0 aromatic heterocycles. The van der Waals surface area contributed by atoms with Crippen molar-refractivity contribution in [3.8, 4) is 0 Å². The van der Waals surface area contributed by atoms with Crippen LogP contribution < -0.4 is 5.32 Å². The summed E-state index contributed by atoms with van der Waals surface area (Å²) in [4.78, 5) is 26.5. The Hall–Kier alpha value is -1.88. The lowest BCUT2D eigenvalue weighted by Gasteiger charge is -2.35. The molecule has 5 nitrogen and oxygen atoms in total. The summed E-state index contributed by atoms with van der Waals surface area (Å²) in [5.74, 6) is -0.500. The number of amides is 2. The summed E-state index contributed by atoms with van der Waals surface area (Å²) in [6.07, 6.45) is 2.24. The van der Waals surface area contributed by atoms with Crippen LogP contribution in [0.15, 0.2) is 18.2 Å². The van der Waals surface area contributed by atoms with Gasteiger partial charge in [-0.2, -0.15) is 0 Å². The van der Waals surface area contributed by atoms with E-state index >= 15 is 0 Å². The van der Waals surface area contributed by atoms with Gasteiger partial charge in [-0.05, 0) is 49.8 Å². The molecule has 22 heavy (non-hydrogen) atoms. The fourth-order valence-electron chi connectivity index (χ4n) is 2.92. The van der Waals surface area contributed by atoms with E-state index in [-0.39, 0.29) is 6.04 Å². The lowest BCUT2D eigenvalue weighted by atomic mass is 10.1. The first kappa shape index (κ1) is 15.0. The number of aryl methyl sites for hydroxylation is 2. The van der Waals surface area contributed by atoms with Crippen molar-refractivity contribution < 1.29 is 14.3 Å². The molecule has 0 bridgehead atoms. The van der Waals surface area contributed by atoms with Crippen LogP contribution in [0.3, 0.4) is 0 Å². The van der Waals surface area contributed by atoms with Gasteiger partial charge in [0.1, 0.15) is 0 Å². The monoisotopic (exact) mass is 302 g/mol. The number of carbonyl (C=O) groups is 2. The van der Waals surface area contributed by atoms with Gasteiger partial charge in [0.15, 0.2) is 0 Å². The second-order valence-corrected chi connectivity index (χ2v) is 6.25. The molecule has 0 spiro atoms. The Kier molecular flexibility index (Phi) is 4.16. The first-order valence-corrected chi connectivity index (χ1v) is 7.83. The average Bonchev–Trinajstić information content (AvgIpc) is 3.35. The number of nitrogens with zero attached hydrogens (tertiary/aromatic N) is 1. The summed E-state index contributed by atoms with van der Waals surface area (Å²) in [7, 11) is 0. The van der Waals surface area contributed by atoms with Crippen LogP contribution in [0.1, 0.15) is 24.0 Å². The Bertz CT molecular complexity index is 596. The highest BCUT2D eigenvalue weighted by Gasteiger charge is 2.40. The van der Waals surface area contributed by atoms with Gasteiger partial charge in [0, 0.05) is 12.2 Å². The Labute approximate surface area is 130 Å². The molecular weight excluding hydrogens is 280 g/mol. The largest absolute Gasteiger partial charge is 0.377 e. The molecule has 3 rings (SSSR count). The summed E-state index contributed by atoms with van der Waals surface area (Å²) >= 11 is 0.